The molecule has 0 saturated heterocycles. The maximum absolute atomic E-state index is 5.65. The number of fused-ring (bicyclic) bond motifs is 2. The van der Waals surface area contributed by atoms with Gasteiger partial charge in [0, 0.05) is 23.7 Å². The molecule has 0 fully saturated rings. The van der Waals surface area contributed by atoms with E-state index in [0.29, 0.717) is 5.92 Å². The molecule has 30 heavy (non-hydrogen) atoms. The summed E-state index contributed by atoms with van der Waals surface area (Å²) in [7, 11) is 1.72. The first-order valence-electron chi connectivity index (χ1n) is 11.2. The largest absolute Gasteiger partial charge is 0.494 e. The minimum atomic E-state index is 0. The summed E-state index contributed by atoms with van der Waals surface area (Å²) in [5.74, 6) is 1.46. The zero-order chi connectivity index (χ0) is 20.1. The number of aryl methyl sites for hydroxylation is 1. The predicted molar refractivity (Wildman–Crippen MR) is 127 cm³/mol. The minimum absolute atomic E-state index is 0. The lowest BCUT2D eigenvalue weighted by Gasteiger charge is -2.17. The van der Waals surface area contributed by atoms with Crippen molar-refractivity contribution in [2.45, 2.75) is 70.6 Å². The van der Waals surface area contributed by atoms with Gasteiger partial charge < -0.3 is 14.7 Å². The van der Waals surface area contributed by atoms with Gasteiger partial charge in [0.2, 0.25) is 0 Å². The fourth-order valence-electron chi connectivity index (χ4n) is 4.55. The molecule has 2 aromatic heterocycles. The van der Waals surface area contributed by atoms with Crippen LogP contribution in [0.5, 0.6) is 0 Å². The van der Waals surface area contributed by atoms with Crippen LogP contribution in [0.1, 0.15) is 86.9 Å². The van der Waals surface area contributed by atoms with Gasteiger partial charge in [-0.1, -0.05) is 39.0 Å². The second-order valence-corrected chi connectivity index (χ2v) is 8.28. The van der Waals surface area contributed by atoms with Crippen molar-refractivity contribution in [1.29, 1.82) is 0 Å². The smallest absolute Gasteiger partial charge is 0.146 e. The number of nitrogens with one attached hydrogen (secondary N) is 2. The third kappa shape index (κ3) is 5.10. The summed E-state index contributed by atoms with van der Waals surface area (Å²) in [6, 6.07) is 6.47. The van der Waals surface area contributed by atoms with E-state index in [1.807, 2.05) is 24.4 Å². The number of allylic oxidation sites excluding steroid dienone is 1. The Kier molecular flexibility index (Phi) is 8.03. The number of aliphatic imine (C=N–C) groups is 1. The molecule has 0 amide bonds. The summed E-state index contributed by atoms with van der Waals surface area (Å²) < 4.78 is 5.65. The monoisotopic (exact) mass is 427 g/mol. The van der Waals surface area contributed by atoms with Crippen LogP contribution in [0.3, 0.4) is 0 Å². The number of rotatable bonds is 6. The number of hydrogen-bond acceptors (Lipinski definition) is 2. The molecule has 1 aliphatic heterocycles. The van der Waals surface area contributed by atoms with Crippen LogP contribution < -0.4 is 0 Å². The van der Waals surface area contributed by atoms with E-state index in [9.17, 15) is 0 Å². The van der Waals surface area contributed by atoms with E-state index in [4.69, 9.17) is 9.73 Å². The average molecular weight is 428 g/mol. The molecule has 2 aliphatic rings. The van der Waals surface area contributed by atoms with Crippen molar-refractivity contribution in [2.24, 2.45) is 4.99 Å². The number of aromatic nitrogens is 2. The molecule has 4 nitrogen and oxygen atoms in total. The van der Waals surface area contributed by atoms with E-state index < -0.39 is 0 Å². The molecule has 1 aliphatic carbocycles. The van der Waals surface area contributed by atoms with Gasteiger partial charge in [-0.25, -0.2) is 4.99 Å². The van der Waals surface area contributed by atoms with Crippen LogP contribution in [0.25, 0.3) is 6.08 Å². The summed E-state index contributed by atoms with van der Waals surface area (Å²) >= 11 is 0. The number of unbranched alkanes of at least 4 members (excludes halogenated alkanes) is 1. The predicted octanol–water partition coefficient (Wildman–Crippen LogP) is 6.92. The first-order chi connectivity index (χ1) is 14.3. The van der Waals surface area contributed by atoms with Gasteiger partial charge in [-0.05, 0) is 61.4 Å². The molecule has 4 rings (SSSR count). The molecule has 0 spiro atoms. The molecule has 2 bridgehead atoms. The Morgan fingerprint density at radius 2 is 2.10 bits per heavy atom. The number of aromatic amines is 2. The molecule has 0 aromatic carbocycles. The Morgan fingerprint density at radius 1 is 1.23 bits per heavy atom. The van der Waals surface area contributed by atoms with Gasteiger partial charge in [0.15, 0.2) is 0 Å². The quantitative estimate of drug-likeness (QED) is 0.516. The maximum Gasteiger partial charge on any atom is 0.146 e. The van der Waals surface area contributed by atoms with Gasteiger partial charge >= 0.3 is 0 Å². The van der Waals surface area contributed by atoms with Crippen molar-refractivity contribution >= 4 is 24.2 Å². The molecule has 2 N–H and O–H groups in total. The van der Waals surface area contributed by atoms with E-state index in [2.05, 4.69) is 29.0 Å². The van der Waals surface area contributed by atoms with E-state index in [1.54, 1.807) is 7.11 Å². The van der Waals surface area contributed by atoms with E-state index in [0.717, 1.165) is 29.3 Å². The number of ether oxygens (including phenoxy) is 1. The molecule has 3 heterocycles. The molecule has 5 heteroatoms. The summed E-state index contributed by atoms with van der Waals surface area (Å²) in [6.45, 7) is 2.29. The molecule has 0 saturated carbocycles. The normalized spacial score (nSPS) is 20.5. The Morgan fingerprint density at radius 3 is 2.87 bits per heavy atom. The van der Waals surface area contributed by atoms with Crippen LogP contribution >= 0.6 is 12.4 Å². The van der Waals surface area contributed by atoms with Crippen LogP contribution in [-0.4, -0.2) is 22.8 Å². The maximum atomic E-state index is 5.65. The topological polar surface area (TPSA) is 53.2 Å². The highest BCUT2D eigenvalue weighted by molar-refractivity contribution is 6.11. The molecular formula is C25H34ClN3O. The highest BCUT2D eigenvalue weighted by Crippen LogP contribution is 2.35. The van der Waals surface area contributed by atoms with Crippen molar-refractivity contribution in [1.82, 2.24) is 9.97 Å². The number of halogens is 1. The Bertz CT molecular complexity index is 905. The second kappa shape index (κ2) is 10.7. The third-order valence-electron chi connectivity index (χ3n) is 6.17. The Balaban J connectivity index is 0.00000256. The first-order valence-corrected chi connectivity index (χ1v) is 11.2. The van der Waals surface area contributed by atoms with Crippen LogP contribution in [-0.2, 0) is 11.2 Å². The fraction of sp³-hybridized carbons (Fsp3) is 0.480. The lowest BCUT2D eigenvalue weighted by atomic mass is 9.87. The number of methoxy groups -OCH3 is 1. The van der Waals surface area contributed by atoms with Gasteiger partial charge in [0.25, 0.3) is 0 Å². The molecule has 162 valence electrons. The highest BCUT2D eigenvalue weighted by Gasteiger charge is 2.21. The summed E-state index contributed by atoms with van der Waals surface area (Å²) in [6.07, 6.45) is 17.7. The van der Waals surface area contributed by atoms with Crippen molar-refractivity contribution in [3.8, 4) is 0 Å². The van der Waals surface area contributed by atoms with Crippen LogP contribution in [0.2, 0.25) is 0 Å². The van der Waals surface area contributed by atoms with Gasteiger partial charge in [0.1, 0.15) is 11.5 Å². The van der Waals surface area contributed by atoms with E-state index >= 15 is 0 Å². The van der Waals surface area contributed by atoms with Crippen LogP contribution in [0, 0.1) is 0 Å². The Hall–Kier alpha value is -2.20. The highest BCUT2D eigenvalue weighted by atomic mass is 35.5. The van der Waals surface area contributed by atoms with Gasteiger partial charge in [-0.15, -0.1) is 12.4 Å². The van der Waals surface area contributed by atoms with Gasteiger partial charge in [-0.3, -0.25) is 0 Å². The summed E-state index contributed by atoms with van der Waals surface area (Å²) in [5.41, 5.74) is 6.90. The number of nitrogens with zero attached hydrogens (tertiary/aromatic N) is 1. The SMILES string of the molecule is CCCC[C@H]1CCCCCCc2cc1c(/C=C1\N=C(c3ccc[nH]3)C=C1OC)[nH]2.Cl. The lowest BCUT2D eigenvalue weighted by molar-refractivity contribution is 0.303. The average Bonchev–Trinajstić information content (AvgIpc) is 3.47. The van der Waals surface area contributed by atoms with Gasteiger partial charge in [-0.2, -0.15) is 0 Å². The van der Waals surface area contributed by atoms with Crippen molar-refractivity contribution < 1.29 is 4.74 Å². The molecule has 0 unspecified atom stereocenters. The zero-order valence-electron chi connectivity index (χ0n) is 18.2. The van der Waals surface area contributed by atoms with E-state index in [1.165, 1.54) is 68.3 Å². The lowest BCUT2D eigenvalue weighted by Crippen LogP contribution is -2.01. The Labute approximate surface area is 186 Å². The third-order valence-corrected chi connectivity index (χ3v) is 6.17. The van der Waals surface area contributed by atoms with Gasteiger partial charge in [0.05, 0.1) is 18.5 Å². The number of H-pyrrole nitrogens is 2. The zero-order valence-corrected chi connectivity index (χ0v) is 19.0. The molecule has 2 aromatic rings. The summed E-state index contributed by atoms with van der Waals surface area (Å²) in [5, 5.41) is 0. The van der Waals surface area contributed by atoms with E-state index in [-0.39, 0.29) is 12.4 Å². The standard InChI is InChI=1S/C25H33N3O.ClH/c1-3-4-10-18-11-7-5-6-8-12-19-15-20(18)22(27-19)16-24-25(29-2)17-23(28-24)21-13-9-14-26-21;/h9,13-18,26-27H,3-8,10-12H2,1-2H3;1H/b24-16-;/t18-;/m0./s1. The van der Waals surface area contributed by atoms with Crippen molar-refractivity contribution in [3.63, 3.8) is 0 Å². The molecule has 0 radical (unpaired) electrons. The fourth-order valence-corrected chi connectivity index (χ4v) is 4.55. The summed E-state index contributed by atoms with van der Waals surface area (Å²) in [4.78, 5) is 11.8. The van der Waals surface area contributed by atoms with Crippen molar-refractivity contribution in [2.75, 3.05) is 7.11 Å². The minimum Gasteiger partial charge on any atom is -0.494 e. The molecule has 1 atom stereocenters. The second-order valence-electron chi connectivity index (χ2n) is 8.28. The first kappa shape index (κ1) is 22.5. The van der Waals surface area contributed by atoms with Crippen LogP contribution in [0.4, 0.5) is 0 Å². The number of hydrogen-bond donors (Lipinski definition) is 2. The molecular weight excluding hydrogens is 394 g/mol. The van der Waals surface area contributed by atoms with Crippen LogP contribution in [0.15, 0.2) is 46.9 Å². The van der Waals surface area contributed by atoms with Crippen molar-refractivity contribution in [3.05, 3.63) is 64.6 Å².